The normalized spacial score (nSPS) is 21.6. The Labute approximate surface area is 174 Å². The first-order valence-corrected chi connectivity index (χ1v) is 10.5. The molecule has 2 atom stereocenters. The van der Waals surface area contributed by atoms with Gasteiger partial charge in [0, 0.05) is 30.6 Å². The summed E-state index contributed by atoms with van der Waals surface area (Å²) >= 11 is 0. The van der Waals surface area contributed by atoms with Gasteiger partial charge < -0.3 is 14.2 Å². The van der Waals surface area contributed by atoms with E-state index in [0.29, 0.717) is 24.6 Å². The molecule has 0 spiro atoms. The van der Waals surface area contributed by atoms with E-state index in [2.05, 4.69) is 10.1 Å². The zero-order valence-corrected chi connectivity index (χ0v) is 17.0. The van der Waals surface area contributed by atoms with E-state index in [-0.39, 0.29) is 24.4 Å². The molecule has 156 valence electrons. The second-order valence-corrected chi connectivity index (χ2v) is 8.32. The molecule has 0 N–H and O–H groups in total. The molecule has 0 radical (unpaired) electrons. The fraction of sp³-hybridized carbons (Fsp3) is 0.455. The first-order chi connectivity index (χ1) is 14.6. The fourth-order valence-electron chi connectivity index (χ4n) is 4.86. The van der Waals surface area contributed by atoms with Crippen molar-refractivity contribution in [1.29, 1.82) is 0 Å². The zero-order chi connectivity index (χ0) is 20.7. The van der Waals surface area contributed by atoms with Crippen LogP contribution in [-0.4, -0.2) is 62.1 Å². The third kappa shape index (κ3) is 3.46. The van der Waals surface area contributed by atoms with Gasteiger partial charge >= 0.3 is 0 Å². The van der Waals surface area contributed by atoms with Gasteiger partial charge in [-0.1, -0.05) is 6.42 Å². The van der Waals surface area contributed by atoms with Crippen molar-refractivity contribution in [3.8, 4) is 0 Å². The summed E-state index contributed by atoms with van der Waals surface area (Å²) in [5.41, 5.74) is 1.46. The number of likely N-dealkylation sites (tertiary alicyclic amines) is 2. The maximum atomic E-state index is 13.2. The predicted octanol–water partition coefficient (Wildman–Crippen LogP) is 2.49. The van der Waals surface area contributed by atoms with Gasteiger partial charge in [0.05, 0.1) is 6.04 Å². The predicted molar refractivity (Wildman–Crippen MR) is 110 cm³/mol. The van der Waals surface area contributed by atoms with Crippen LogP contribution in [0.15, 0.2) is 41.3 Å². The number of aryl methyl sites for hydroxylation is 1. The molecule has 5 rings (SSSR count). The molecule has 0 unspecified atom stereocenters. The van der Waals surface area contributed by atoms with E-state index < -0.39 is 0 Å². The molecule has 2 aliphatic heterocycles. The van der Waals surface area contributed by atoms with Gasteiger partial charge in [-0.2, -0.15) is 5.10 Å². The Morgan fingerprint density at radius 1 is 1.20 bits per heavy atom. The number of benzene rings is 1. The Hall–Kier alpha value is -3.16. The van der Waals surface area contributed by atoms with E-state index in [0.717, 1.165) is 42.5 Å². The average molecular weight is 407 g/mol. The van der Waals surface area contributed by atoms with Crippen molar-refractivity contribution in [2.24, 2.45) is 5.92 Å². The van der Waals surface area contributed by atoms with Crippen LogP contribution in [0.1, 0.15) is 35.4 Å². The van der Waals surface area contributed by atoms with Gasteiger partial charge in [0.1, 0.15) is 30.5 Å². The Balaban J connectivity index is 1.34. The molecule has 30 heavy (non-hydrogen) atoms. The zero-order valence-electron chi connectivity index (χ0n) is 17.0. The molecule has 2 aromatic heterocycles. The second-order valence-electron chi connectivity index (χ2n) is 8.32. The van der Waals surface area contributed by atoms with Crippen LogP contribution in [-0.2, 0) is 11.3 Å². The first-order valence-electron chi connectivity index (χ1n) is 10.5. The largest absolute Gasteiger partial charge is 0.461 e. The van der Waals surface area contributed by atoms with Crippen LogP contribution in [0.5, 0.6) is 0 Å². The lowest BCUT2D eigenvalue weighted by Gasteiger charge is -2.30. The number of hydrogen-bond acceptors (Lipinski definition) is 5. The molecule has 2 fully saturated rings. The van der Waals surface area contributed by atoms with Crippen LogP contribution in [0.2, 0.25) is 0 Å². The molecule has 8 heteroatoms. The van der Waals surface area contributed by atoms with Gasteiger partial charge in [0.2, 0.25) is 5.91 Å². The summed E-state index contributed by atoms with van der Waals surface area (Å²) in [4.78, 5) is 34.0. The lowest BCUT2D eigenvalue weighted by Crippen LogP contribution is -2.46. The standard InChI is InChI=1S/C22H25N5O3/c1-15-8-18-9-16(5-6-20(18)30-15)22(29)25-10-17-4-2-3-7-27(19(17)11-25)21(28)12-26-14-23-13-24-26/h5-6,8-9,13-14,17,19H,2-4,7,10-12H2,1H3/t17-,19+/m0/s1. The van der Waals surface area contributed by atoms with Crippen molar-refractivity contribution < 1.29 is 14.0 Å². The molecule has 8 nitrogen and oxygen atoms in total. The SMILES string of the molecule is Cc1cc2cc(C(=O)N3C[C@@H]4CCCCN(C(=O)Cn5cncn5)[C@@H]4C3)ccc2o1. The van der Waals surface area contributed by atoms with E-state index in [4.69, 9.17) is 4.42 Å². The topological polar surface area (TPSA) is 84.5 Å². The molecule has 1 aromatic carbocycles. The summed E-state index contributed by atoms with van der Waals surface area (Å²) in [5.74, 6) is 1.21. The van der Waals surface area contributed by atoms with Crippen LogP contribution in [0.4, 0.5) is 0 Å². The number of hydrogen-bond donors (Lipinski definition) is 0. The van der Waals surface area contributed by atoms with E-state index in [1.165, 1.54) is 6.33 Å². The number of nitrogens with zero attached hydrogens (tertiary/aromatic N) is 5. The van der Waals surface area contributed by atoms with Gasteiger partial charge in [0.15, 0.2) is 0 Å². The number of carbonyl (C=O) groups is 2. The van der Waals surface area contributed by atoms with E-state index >= 15 is 0 Å². The molecular weight excluding hydrogens is 382 g/mol. The first kappa shape index (κ1) is 18.8. The van der Waals surface area contributed by atoms with Crippen molar-refractivity contribution in [2.75, 3.05) is 19.6 Å². The number of carbonyl (C=O) groups excluding carboxylic acids is 2. The highest BCUT2D eigenvalue weighted by Crippen LogP contribution is 2.31. The minimum atomic E-state index is 0.0208. The molecule has 2 amide bonds. The number of aromatic nitrogens is 3. The van der Waals surface area contributed by atoms with E-state index in [1.54, 1.807) is 11.0 Å². The summed E-state index contributed by atoms with van der Waals surface area (Å²) < 4.78 is 7.18. The monoisotopic (exact) mass is 407 g/mol. The summed E-state index contributed by atoms with van der Waals surface area (Å²) in [6.07, 6.45) is 6.12. The van der Waals surface area contributed by atoms with Crippen molar-refractivity contribution in [3.05, 3.63) is 48.2 Å². The van der Waals surface area contributed by atoms with Crippen molar-refractivity contribution >= 4 is 22.8 Å². The highest BCUT2D eigenvalue weighted by molar-refractivity contribution is 5.98. The van der Waals surface area contributed by atoms with Crippen molar-refractivity contribution in [2.45, 2.75) is 38.8 Å². The van der Waals surface area contributed by atoms with E-state index in [1.807, 2.05) is 41.0 Å². The Morgan fingerprint density at radius 3 is 2.93 bits per heavy atom. The van der Waals surface area contributed by atoms with Crippen LogP contribution < -0.4 is 0 Å². The van der Waals surface area contributed by atoms with Gasteiger partial charge in [-0.25, -0.2) is 9.67 Å². The van der Waals surface area contributed by atoms with Gasteiger partial charge in [-0.15, -0.1) is 0 Å². The third-order valence-corrected chi connectivity index (χ3v) is 6.29. The molecule has 3 aromatic rings. The molecule has 4 heterocycles. The van der Waals surface area contributed by atoms with Crippen molar-refractivity contribution in [3.63, 3.8) is 0 Å². The lowest BCUT2D eigenvalue weighted by atomic mass is 9.98. The summed E-state index contributed by atoms with van der Waals surface area (Å²) in [6.45, 7) is 4.10. The number of amides is 2. The fourth-order valence-corrected chi connectivity index (χ4v) is 4.86. The Bertz CT molecular complexity index is 1070. The smallest absolute Gasteiger partial charge is 0.253 e. The van der Waals surface area contributed by atoms with Crippen LogP contribution in [0, 0.1) is 12.8 Å². The Kier molecular flexibility index (Phi) is 4.77. The minimum absolute atomic E-state index is 0.0208. The van der Waals surface area contributed by atoms with Crippen LogP contribution in [0.25, 0.3) is 11.0 Å². The molecule has 0 saturated carbocycles. The number of furan rings is 1. The van der Waals surface area contributed by atoms with Crippen molar-refractivity contribution in [1.82, 2.24) is 24.6 Å². The lowest BCUT2D eigenvalue weighted by molar-refractivity contribution is -0.134. The molecule has 2 aliphatic rings. The average Bonchev–Trinajstić information content (AvgIpc) is 3.44. The summed E-state index contributed by atoms with van der Waals surface area (Å²) in [6, 6.07) is 7.60. The maximum Gasteiger partial charge on any atom is 0.253 e. The summed E-state index contributed by atoms with van der Waals surface area (Å²) in [7, 11) is 0. The van der Waals surface area contributed by atoms with E-state index in [9.17, 15) is 9.59 Å². The summed E-state index contributed by atoms with van der Waals surface area (Å²) in [5, 5.41) is 5.00. The second kappa shape index (κ2) is 7.59. The number of rotatable bonds is 3. The van der Waals surface area contributed by atoms with Gasteiger partial charge in [-0.05, 0) is 49.9 Å². The van der Waals surface area contributed by atoms with Crippen LogP contribution in [0.3, 0.4) is 0 Å². The molecule has 0 aliphatic carbocycles. The molecular formula is C22H25N5O3. The highest BCUT2D eigenvalue weighted by Gasteiger charge is 2.41. The Morgan fingerprint density at radius 2 is 2.10 bits per heavy atom. The third-order valence-electron chi connectivity index (χ3n) is 6.29. The molecule has 2 saturated heterocycles. The van der Waals surface area contributed by atoms with Crippen LogP contribution >= 0.6 is 0 Å². The number of fused-ring (bicyclic) bond motifs is 2. The maximum absolute atomic E-state index is 13.2. The quantitative estimate of drug-likeness (QED) is 0.666. The minimum Gasteiger partial charge on any atom is -0.461 e. The molecule has 0 bridgehead atoms. The van der Waals surface area contributed by atoms with Gasteiger partial charge in [-0.3, -0.25) is 9.59 Å². The van der Waals surface area contributed by atoms with Gasteiger partial charge in [0.25, 0.3) is 5.91 Å². The highest BCUT2D eigenvalue weighted by atomic mass is 16.3.